The van der Waals surface area contributed by atoms with Gasteiger partial charge >= 0.3 is 5.97 Å². The first kappa shape index (κ1) is 22.6. The highest BCUT2D eigenvalue weighted by Crippen LogP contribution is 2.37. The Morgan fingerprint density at radius 3 is 2.67 bits per heavy atom. The summed E-state index contributed by atoms with van der Waals surface area (Å²) in [5, 5.41) is 12.5. The fourth-order valence-electron chi connectivity index (χ4n) is 4.77. The number of para-hydroxylation sites is 2. The van der Waals surface area contributed by atoms with Crippen LogP contribution in [0.1, 0.15) is 61.3 Å². The van der Waals surface area contributed by atoms with Crippen molar-refractivity contribution in [2.45, 2.75) is 65.5 Å². The van der Waals surface area contributed by atoms with Gasteiger partial charge in [-0.1, -0.05) is 31.9 Å². The Bertz CT molecular complexity index is 1240. The quantitative estimate of drug-likeness (QED) is 0.547. The zero-order valence-electron chi connectivity index (χ0n) is 19.4. The number of fused-ring (bicyclic) bond motifs is 1. The first-order chi connectivity index (χ1) is 15.9. The topological polar surface area (TPSA) is 102 Å². The molecule has 8 nitrogen and oxygen atoms in total. The van der Waals surface area contributed by atoms with Crippen molar-refractivity contribution in [2.24, 2.45) is 0 Å². The summed E-state index contributed by atoms with van der Waals surface area (Å²) in [7, 11) is 0. The van der Waals surface area contributed by atoms with Crippen LogP contribution >= 0.6 is 0 Å². The van der Waals surface area contributed by atoms with Crippen LogP contribution in [0.15, 0.2) is 24.3 Å². The molecule has 1 fully saturated rings. The molecule has 2 aromatic heterocycles. The summed E-state index contributed by atoms with van der Waals surface area (Å²) >= 11 is 0. The minimum atomic E-state index is -0.512. The molecule has 0 aliphatic heterocycles. The third-order valence-electron chi connectivity index (χ3n) is 6.52. The summed E-state index contributed by atoms with van der Waals surface area (Å²) in [6.07, 6.45) is 5.00. The first-order valence-corrected chi connectivity index (χ1v) is 11.5. The Kier molecular flexibility index (Phi) is 6.50. The molecular formula is C25H29N5O3. The fraction of sp³-hybridized carbons (Fsp3) is 0.440. The zero-order valence-corrected chi connectivity index (χ0v) is 19.4. The molecule has 0 atom stereocenters. The third-order valence-corrected chi connectivity index (χ3v) is 6.52. The Balaban J connectivity index is 1.45. The van der Waals surface area contributed by atoms with Crippen molar-refractivity contribution in [3.63, 3.8) is 0 Å². The van der Waals surface area contributed by atoms with Gasteiger partial charge in [-0.3, -0.25) is 9.59 Å². The molecule has 33 heavy (non-hydrogen) atoms. The van der Waals surface area contributed by atoms with E-state index in [1.54, 1.807) is 0 Å². The molecule has 3 aromatic rings. The largest absolute Gasteiger partial charge is 0.454 e. The monoisotopic (exact) mass is 447 g/mol. The third kappa shape index (κ3) is 4.36. The van der Waals surface area contributed by atoms with Gasteiger partial charge in [-0.25, -0.2) is 4.98 Å². The van der Waals surface area contributed by atoms with Crippen LogP contribution < -0.4 is 5.32 Å². The number of nitriles is 1. The van der Waals surface area contributed by atoms with Gasteiger partial charge in [0.1, 0.15) is 24.3 Å². The van der Waals surface area contributed by atoms with Gasteiger partial charge in [0.2, 0.25) is 0 Å². The predicted octanol–water partition coefficient (Wildman–Crippen LogP) is 4.19. The second-order valence-corrected chi connectivity index (χ2v) is 8.52. The number of anilines is 1. The van der Waals surface area contributed by atoms with Crippen molar-refractivity contribution >= 4 is 28.7 Å². The van der Waals surface area contributed by atoms with Crippen molar-refractivity contribution in [2.75, 3.05) is 11.9 Å². The minimum Gasteiger partial charge on any atom is -0.454 e. The number of aryl methyl sites for hydroxylation is 1. The lowest BCUT2D eigenvalue weighted by molar-refractivity contribution is -0.147. The number of imidazole rings is 1. The number of amides is 1. The molecule has 0 saturated heterocycles. The average Bonchev–Trinajstić information content (AvgIpc) is 3.51. The SMILES string of the molecule is CCc1nc2ccccc2n1CC(=O)OCC(=O)Nc1c(C#N)c(C)c(C)n1C1CCCC1. The minimum absolute atomic E-state index is 0.0168. The van der Waals surface area contributed by atoms with E-state index in [9.17, 15) is 14.9 Å². The molecule has 8 heteroatoms. The highest BCUT2D eigenvalue weighted by atomic mass is 16.5. The van der Waals surface area contributed by atoms with Gasteiger partial charge in [0.25, 0.3) is 5.91 Å². The molecule has 0 radical (unpaired) electrons. The van der Waals surface area contributed by atoms with Gasteiger partial charge in [0.15, 0.2) is 6.61 Å². The van der Waals surface area contributed by atoms with Crippen LogP contribution in [0.2, 0.25) is 0 Å². The lowest BCUT2D eigenvalue weighted by Crippen LogP contribution is -2.25. The number of esters is 1. The molecule has 0 bridgehead atoms. The Hall–Kier alpha value is -3.60. The van der Waals surface area contributed by atoms with Crippen LogP contribution in [0.5, 0.6) is 0 Å². The highest BCUT2D eigenvalue weighted by Gasteiger charge is 2.27. The maximum Gasteiger partial charge on any atom is 0.326 e. The second-order valence-electron chi connectivity index (χ2n) is 8.52. The molecule has 1 amide bonds. The van der Waals surface area contributed by atoms with Gasteiger partial charge in [0, 0.05) is 18.2 Å². The zero-order chi connectivity index (χ0) is 23.5. The molecule has 1 aliphatic rings. The number of nitrogens with one attached hydrogen (secondary N) is 1. The number of benzene rings is 1. The lowest BCUT2D eigenvalue weighted by Gasteiger charge is -2.19. The molecule has 0 unspecified atom stereocenters. The van der Waals surface area contributed by atoms with Crippen LogP contribution in [0.25, 0.3) is 11.0 Å². The van der Waals surface area contributed by atoms with Crippen LogP contribution in [0.4, 0.5) is 5.82 Å². The van der Waals surface area contributed by atoms with E-state index in [0.29, 0.717) is 17.8 Å². The summed E-state index contributed by atoms with van der Waals surface area (Å²) in [4.78, 5) is 29.8. The molecule has 1 N–H and O–H groups in total. The number of hydrogen-bond acceptors (Lipinski definition) is 5. The van der Waals surface area contributed by atoms with Gasteiger partial charge in [-0.05, 0) is 44.4 Å². The molecule has 1 saturated carbocycles. The predicted molar refractivity (Wildman–Crippen MR) is 125 cm³/mol. The lowest BCUT2D eigenvalue weighted by atomic mass is 10.2. The van der Waals surface area contributed by atoms with E-state index in [0.717, 1.165) is 53.8 Å². The number of rotatable bonds is 7. The van der Waals surface area contributed by atoms with Crippen LogP contribution in [-0.4, -0.2) is 32.6 Å². The fourth-order valence-corrected chi connectivity index (χ4v) is 4.77. The number of carbonyl (C=O) groups excluding carboxylic acids is 2. The summed E-state index contributed by atoms with van der Waals surface area (Å²) in [5.41, 5.74) is 4.01. The number of carbonyl (C=O) groups is 2. The summed E-state index contributed by atoms with van der Waals surface area (Å²) < 4.78 is 9.18. The van der Waals surface area contributed by atoms with Gasteiger partial charge < -0.3 is 19.2 Å². The highest BCUT2D eigenvalue weighted by molar-refractivity contribution is 5.94. The van der Waals surface area contributed by atoms with E-state index < -0.39 is 18.5 Å². The van der Waals surface area contributed by atoms with E-state index in [2.05, 4.69) is 20.9 Å². The van der Waals surface area contributed by atoms with Gasteiger partial charge in [-0.2, -0.15) is 5.26 Å². The van der Waals surface area contributed by atoms with E-state index in [1.165, 1.54) is 0 Å². The second kappa shape index (κ2) is 9.49. The number of hydrogen-bond donors (Lipinski definition) is 1. The van der Waals surface area contributed by atoms with Crippen molar-refractivity contribution < 1.29 is 14.3 Å². The van der Waals surface area contributed by atoms with E-state index in [1.807, 2.05) is 49.6 Å². The number of aromatic nitrogens is 3. The average molecular weight is 448 g/mol. The van der Waals surface area contributed by atoms with E-state index in [4.69, 9.17) is 4.74 Å². The molecule has 1 aliphatic carbocycles. The van der Waals surface area contributed by atoms with E-state index >= 15 is 0 Å². The molecule has 4 rings (SSSR count). The van der Waals surface area contributed by atoms with Crippen molar-refractivity contribution in [1.82, 2.24) is 14.1 Å². The van der Waals surface area contributed by atoms with Gasteiger partial charge in [-0.15, -0.1) is 0 Å². The van der Waals surface area contributed by atoms with Crippen LogP contribution in [-0.2, 0) is 27.3 Å². The van der Waals surface area contributed by atoms with Crippen LogP contribution in [0.3, 0.4) is 0 Å². The summed E-state index contributed by atoms with van der Waals surface area (Å²) in [6.45, 7) is 5.43. The summed E-state index contributed by atoms with van der Waals surface area (Å²) in [6, 6.07) is 10.1. The number of ether oxygens (including phenoxy) is 1. The van der Waals surface area contributed by atoms with Crippen molar-refractivity contribution in [3.05, 3.63) is 46.9 Å². The first-order valence-electron chi connectivity index (χ1n) is 11.5. The Morgan fingerprint density at radius 2 is 1.97 bits per heavy atom. The van der Waals surface area contributed by atoms with Gasteiger partial charge in [0.05, 0.1) is 16.6 Å². The molecule has 1 aromatic carbocycles. The number of nitrogens with zero attached hydrogens (tertiary/aromatic N) is 4. The van der Waals surface area contributed by atoms with Crippen molar-refractivity contribution in [3.8, 4) is 6.07 Å². The van der Waals surface area contributed by atoms with Crippen molar-refractivity contribution in [1.29, 1.82) is 5.26 Å². The molecular weight excluding hydrogens is 418 g/mol. The maximum atomic E-state index is 12.7. The Morgan fingerprint density at radius 1 is 1.24 bits per heavy atom. The normalized spacial score (nSPS) is 13.9. The maximum absolute atomic E-state index is 12.7. The van der Waals surface area contributed by atoms with E-state index in [-0.39, 0.29) is 12.6 Å². The smallest absolute Gasteiger partial charge is 0.326 e. The standard InChI is InChI=1S/C25H29N5O3/c1-4-22-27-20-11-7-8-12-21(20)29(22)14-24(32)33-15-23(31)28-25-19(13-26)16(2)17(3)30(25)18-9-5-6-10-18/h7-8,11-12,18H,4-6,9-10,14-15H2,1-3H3,(H,28,31). The molecule has 172 valence electrons. The van der Waals surface area contributed by atoms with Crippen LogP contribution in [0, 0.1) is 25.2 Å². The molecule has 2 heterocycles. The summed E-state index contributed by atoms with van der Waals surface area (Å²) in [5.74, 6) is 0.329. The molecule has 0 spiro atoms. The Labute approximate surface area is 193 Å².